The largest absolute Gasteiger partial charge is 0.450 e. The Hall–Kier alpha value is -1.62. The second-order valence-corrected chi connectivity index (χ2v) is 6.79. The predicted octanol–water partition coefficient (Wildman–Crippen LogP) is 3.38. The molecule has 0 aliphatic carbocycles. The zero-order valence-electron chi connectivity index (χ0n) is 13.4. The van der Waals surface area contributed by atoms with Crippen molar-refractivity contribution in [3.8, 4) is 0 Å². The first-order valence-corrected chi connectivity index (χ1v) is 8.51. The van der Waals surface area contributed by atoms with Crippen molar-refractivity contribution in [1.29, 1.82) is 0 Å². The fraction of sp³-hybridized carbons (Fsp3) is 0.611. The van der Waals surface area contributed by atoms with Gasteiger partial charge in [-0.2, -0.15) is 0 Å². The van der Waals surface area contributed by atoms with E-state index in [9.17, 15) is 9.18 Å². The Morgan fingerprint density at radius 1 is 1.39 bits per heavy atom. The summed E-state index contributed by atoms with van der Waals surface area (Å²) >= 11 is 0. The normalized spacial score (nSPS) is 32.0. The van der Waals surface area contributed by atoms with Gasteiger partial charge in [-0.15, -0.1) is 0 Å². The number of ether oxygens (including phenoxy) is 2. The van der Waals surface area contributed by atoms with E-state index in [1.807, 2.05) is 17.9 Å². The summed E-state index contributed by atoms with van der Waals surface area (Å²) in [6, 6.07) is 5.35. The molecule has 23 heavy (non-hydrogen) atoms. The summed E-state index contributed by atoms with van der Waals surface area (Å²) < 4.78 is 25.0. The van der Waals surface area contributed by atoms with Gasteiger partial charge in [0, 0.05) is 24.9 Å². The number of hydrogen-bond acceptors (Lipinski definition) is 3. The van der Waals surface area contributed by atoms with Gasteiger partial charge >= 0.3 is 6.09 Å². The van der Waals surface area contributed by atoms with Gasteiger partial charge < -0.3 is 14.4 Å². The van der Waals surface area contributed by atoms with Crippen molar-refractivity contribution in [2.24, 2.45) is 0 Å². The van der Waals surface area contributed by atoms with Crippen molar-refractivity contribution >= 4 is 6.09 Å². The number of amides is 1. The molecule has 3 aliphatic heterocycles. The van der Waals surface area contributed by atoms with E-state index in [1.54, 1.807) is 6.07 Å². The summed E-state index contributed by atoms with van der Waals surface area (Å²) in [7, 11) is 0. The van der Waals surface area contributed by atoms with Crippen molar-refractivity contribution in [2.75, 3.05) is 13.2 Å². The number of hydrogen-bond donors (Lipinski definition) is 0. The highest BCUT2D eigenvalue weighted by Crippen LogP contribution is 2.50. The minimum absolute atomic E-state index is 0.156. The molecule has 4 rings (SSSR count). The number of fused-ring (bicyclic) bond motifs is 4. The first kappa shape index (κ1) is 14.9. The van der Waals surface area contributed by atoms with Gasteiger partial charge in [0.05, 0.1) is 18.8 Å². The molecule has 0 radical (unpaired) electrons. The maximum Gasteiger partial charge on any atom is 0.410 e. The van der Waals surface area contributed by atoms with Crippen LogP contribution < -0.4 is 0 Å². The van der Waals surface area contributed by atoms with E-state index in [2.05, 4.69) is 0 Å². The molecule has 0 saturated carbocycles. The van der Waals surface area contributed by atoms with Crippen LogP contribution in [-0.2, 0) is 21.5 Å². The maximum atomic E-state index is 13.6. The van der Waals surface area contributed by atoms with Crippen LogP contribution in [0.1, 0.15) is 43.7 Å². The summed E-state index contributed by atoms with van der Waals surface area (Å²) in [5.74, 6) is -0.187. The molecule has 2 unspecified atom stereocenters. The van der Waals surface area contributed by atoms with Crippen molar-refractivity contribution in [2.45, 2.75) is 56.7 Å². The summed E-state index contributed by atoms with van der Waals surface area (Å²) in [4.78, 5) is 14.1. The van der Waals surface area contributed by atoms with Crippen LogP contribution in [0.15, 0.2) is 18.2 Å². The van der Waals surface area contributed by atoms with E-state index >= 15 is 0 Å². The predicted molar refractivity (Wildman–Crippen MR) is 82.6 cm³/mol. The topological polar surface area (TPSA) is 38.8 Å². The Bertz CT molecular complexity index is 619. The van der Waals surface area contributed by atoms with Gasteiger partial charge in [0.25, 0.3) is 0 Å². The van der Waals surface area contributed by atoms with Gasteiger partial charge in [0.15, 0.2) is 0 Å². The zero-order valence-corrected chi connectivity index (χ0v) is 13.4. The van der Waals surface area contributed by atoms with Gasteiger partial charge in [0.2, 0.25) is 0 Å². The molecule has 1 aromatic rings. The molecule has 4 nitrogen and oxygen atoms in total. The molecule has 2 atom stereocenters. The number of halogens is 1. The van der Waals surface area contributed by atoms with Crippen LogP contribution in [0.4, 0.5) is 9.18 Å². The van der Waals surface area contributed by atoms with Crippen LogP contribution in [0, 0.1) is 5.82 Å². The fourth-order valence-electron chi connectivity index (χ4n) is 4.69. The van der Waals surface area contributed by atoms with Crippen molar-refractivity contribution in [1.82, 2.24) is 4.90 Å². The first-order valence-electron chi connectivity index (χ1n) is 8.51. The minimum Gasteiger partial charge on any atom is -0.450 e. The number of piperidine rings is 1. The highest BCUT2D eigenvalue weighted by atomic mass is 19.1. The van der Waals surface area contributed by atoms with Crippen LogP contribution in [0.3, 0.4) is 0 Å². The molecule has 2 bridgehead atoms. The number of carbonyl (C=O) groups is 1. The van der Waals surface area contributed by atoms with Gasteiger partial charge in [-0.05, 0) is 49.4 Å². The van der Waals surface area contributed by atoms with E-state index < -0.39 is 0 Å². The first-order chi connectivity index (χ1) is 11.1. The average molecular weight is 319 g/mol. The lowest BCUT2D eigenvalue weighted by molar-refractivity contribution is -0.113. The van der Waals surface area contributed by atoms with E-state index in [4.69, 9.17) is 9.47 Å². The summed E-state index contributed by atoms with van der Waals surface area (Å²) in [6.07, 6.45) is 4.09. The molecule has 0 N–H and O–H groups in total. The molecule has 5 heteroatoms. The Morgan fingerprint density at radius 3 is 2.83 bits per heavy atom. The van der Waals surface area contributed by atoms with Crippen LogP contribution in [-0.4, -0.2) is 36.3 Å². The molecule has 2 fully saturated rings. The molecule has 1 aromatic carbocycles. The van der Waals surface area contributed by atoms with E-state index in [0.717, 1.165) is 43.2 Å². The van der Waals surface area contributed by atoms with E-state index in [0.29, 0.717) is 13.2 Å². The molecular formula is C18H22FNO3. The lowest BCUT2D eigenvalue weighted by Crippen LogP contribution is -2.54. The van der Waals surface area contributed by atoms with Crippen LogP contribution in [0.25, 0.3) is 0 Å². The second kappa shape index (κ2) is 5.48. The Kier molecular flexibility index (Phi) is 3.56. The fourth-order valence-corrected chi connectivity index (χ4v) is 4.69. The van der Waals surface area contributed by atoms with Crippen molar-refractivity contribution in [3.05, 3.63) is 35.1 Å². The monoisotopic (exact) mass is 319 g/mol. The summed E-state index contributed by atoms with van der Waals surface area (Å²) in [5.41, 5.74) is 1.81. The molecule has 1 amide bonds. The third-order valence-corrected chi connectivity index (χ3v) is 5.54. The number of rotatable bonds is 1. The average Bonchev–Trinajstić information content (AvgIpc) is 2.80. The molecule has 0 aromatic heterocycles. The SMILES string of the molecule is CCOC(=O)N1C2CCC1CC1(C2)OCCc2cc(F)ccc21. The van der Waals surface area contributed by atoms with Crippen LogP contribution in [0.2, 0.25) is 0 Å². The molecular weight excluding hydrogens is 297 g/mol. The highest BCUT2D eigenvalue weighted by Gasteiger charge is 2.53. The lowest BCUT2D eigenvalue weighted by Gasteiger charge is -2.48. The Balaban J connectivity index is 1.66. The minimum atomic E-state index is -0.365. The summed E-state index contributed by atoms with van der Waals surface area (Å²) in [6.45, 7) is 2.86. The molecule has 2 saturated heterocycles. The number of carbonyl (C=O) groups excluding carboxylic acids is 1. The van der Waals surface area contributed by atoms with Gasteiger partial charge in [-0.3, -0.25) is 0 Å². The maximum absolute atomic E-state index is 13.6. The lowest BCUT2D eigenvalue weighted by atomic mass is 9.76. The van der Waals surface area contributed by atoms with Gasteiger partial charge in [-0.25, -0.2) is 9.18 Å². The molecule has 3 aliphatic rings. The third-order valence-electron chi connectivity index (χ3n) is 5.54. The second-order valence-electron chi connectivity index (χ2n) is 6.79. The van der Waals surface area contributed by atoms with E-state index in [-0.39, 0.29) is 29.6 Å². The smallest absolute Gasteiger partial charge is 0.410 e. The van der Waals surface area contributed by atoms with Crippen molar-refractivity contribution < 1.29 is 18.7 Å². The molecule has 1 spiro atoms. The van der Waals surface area contributed by atoms with Crippen LogP contribution in [0.5, 0.6) is 0 Å². The quantitative estimate of drug-likeness (QED) is 0.796. The van der Waals surface area contributed by atoms with Gasteiger partial charge in [0.1, 0.15) is 5.82 Å². The van der Waals surface area contributed by atoms with Gasteiger partial charge in [-0.1, -0.05) is 6.07 Å². The summed E-state index contributed by atoms with van der Waals surface area (Å²) in [5, 5.41) is 0. The number of nitrogens with zero attached hydrogens (tertiary/aromatic N) is 1. The Labute approximate surface area is 135 Å². The van der Waals surface area contributed by atoms with E-state index in [1.165, 1.54) is 6.07 Å². The van der Waals surface area contributed by atoms with Crippen molar-refractivity contribution in [3.63, 3.8) is 0 Å². The molecule has 124 valence electrons. The highest BCUT2D eigenvalue weighted by molar-refractivity contribution is 5.69. The van der Waals surface area contributed by atoms with Crippen LogP contribution >= 0.6 is 0 Å². The zero-order chi connectivity index (χ0) is 16.0. The third kappa shape index (κ3) is 2.33. The standard InChI is InChI=1S/C18H22FNO3/c1-2-22-17(21)20-14-4-5-15(20)11-18(10-14)16-6-3-13(19)9-12(16)7-8-23-18/h3,6,9,14-15H,2,4-5,7-8,10-11H2,1H3. The molecule has 3 heterocycles. The Morgan fingerprint density at radius 2 is 2.13 bits per heavy atom. The number of benzene rings is 1.